The van der Waals surface area contributed by atoms with Crippen LogP contribution < -0.4 is 5.32 Å². The quantitative estimate of drug-likeness (QED) is 0.692. The summed E-state index contributed by atoms with van der Waals surface area (Å²) in [5, 5.41) is 2.45. The highest BCUT2D eigenvalue weighted by Crippen LogP contribution is 2.04. The molecule has 0 radical (unpaired) electrons. The first-order valence-corrected chi connectivity index (χ1v) is 3.99. The first-order valence-electron chi connectivity index (χ1n) is 3.99. The fraction of sp³-hybridized carbons (Fsp3) is 0.111. The zero-order valence-electron chi connectivity index (χ0n) is 7.10. The molecule has 1 amide bonds. The molecular weight excluding hydrogens is 186 g/mol. The largest absolute Gasteiger partial charge is 0.459 e. The third-order valence-corrected chi connectivity index (χ3v) is 1.67. The van der Waals surface area contributed by atoms with Crippen molar-refractivity contribution < 1.29 is 18.7 Å². The molecule has 5 heteroatoms. The molecular formula is C9H7NO4. The van der Waals surface area contributed by atoms with Crippen LogP contribution in [0, 0.1) is 0 Å². The second-order valence-corrected chi connectivity index (χ2v) is 2.67. The SMILES string of the molecule is O=C1C=CC(NC(=O)c2ccco2)O1. The highest BCUT2D eigenvalue weighted by Gasteiger charge is 2.20. The molecule has 5 nitrogen and oxygen atoms in total. The summed E-state index contributed by atoms with van der Waals surface area (Å²) in [7, 11) is 0. The highest BCUT2D eigenvalue weighted by molar-refractivity contribution is 5.92. The van der Waals surface area contributed by atoms with Crippen molar-refractivity contribution in [1.29, 1.82) is 0 Å². The smallest absolute Gasteiger partial charge is 0.332 e. The van der Waals surface area contributed by atoms with Gasteiger partial charge in [-0.05, 0) is 18.2 Å². The van der Waals surface area contributed by atoms with Gasteiger partial charge in [-0.1, -0.05) is 0 Å². The molecule has 1 aliphatic rings. The molecule has 0 aromatic carbocycles. The normalized spacial score (nSPS) is 19.4. The van der Waals surface area contributed by atoms with E-state index in [1.54, 1.807) is 6.07 Å². The molecule has 1 atom stereocenters. The summed E-state index contributed by atoms with van der Waals surface area (Å²) in [6.45, 7) is 0. The Morgan fingerprint density at radius 3 is 2.93 bits per heavy atom. The summed E-state index contributed by atoms with van der Waals surface area (Å²) in [5.41, 5.74) is 0. The van der Waals surface area contributed by atoms with Gasteiger partial charge in [0.05, 0.1) is 6.26 Å². The minimum atomic E-state index is -0.694. The zero-order chi connectivity index (χ0) is 9.97. The third kappa shape index (κ3) is 1.66. The average molecular weight is 193 g/mol. The Balaban J connectivity index is 1.96. The van der Waals surface area contributed by atoms with Crippen molar-refractivity contribution in [2.24, 2.45) is 0 Å². The van der Waals surface area contributed by atoms with Crippen LogP contribution in [0.1, 0.15) is 10.6 Å². The molecule has 1 N–H and O–H groups in total. The molecule has 0 bridgehead atoms. The number of carbonyl (C=O) groups is 2. The van der Waals surface area contributed by atoms with E-state index in [1.165, 1.54) is 24.5 Å². The van der Waals surface area contributed by atoms with Crippen LogP contribution in [0.25, 0.3) is 0 Å². The summed E-state index contributed by atoms with van der Waals surface area (Å²) in [5.74, 6) is -0.699. The van der Waals surface area contributed by atoms with E-state index in [2.05, 4.69) is 5.32 Å². The van der Waals surface area contributed by atoms with Gasteiger partial charge in [-0.2, -0.15) is 0 Å². The number of cyclic esters (lactones) is 1. The van der Waals surface area contributed by atoms with E-state index in [0.717, 1.165) is 0 Å². The van der Waals surface area contributed by atoms with Gasteiger partial charge in [-0.15, -0.1) is 0 Å². The van der Waals surface area contributed by atoms with Crippen molar-refractivity contribution in [3.63, 3.8) is 0 Å². The molecule has 0 fully saturated rings. The molecule has 2 rings (SSSR count). The Bertz CT molecular complexity index is 380. The number of hydrogen-bond acceptors (Lipinski definition) is 4. The number of ether oxygens (including phenoxy) is 1. The fourth-order valence-corrected chi connectivity index (χ4v) is 1.06. The van der Waals surface area contributed by atoms with Crippen LogP contribution in [-0.2, 0) is 9.53 Å². The Labute approximate surface area is 79.3 Å². The number of nitrogens with one attached hydrogen (secondary N) is 1. The summed E-state index contributed by atoms with van der Waals surface area (Å²) >= 11 is 0. The van der Waals surface area contributed by atoms with Crippen molar-refractivity contribution in [3.8, 4) is 0 Å². The molecule has 0 saturated carbocycles. The molecule has 2 heterocycles. The van der Waals surface area contributed by atoms with E-state index in [0.29, 0.717) is 0 Å². The monoisotopic (exact) mass is 193 g/mol. The number of carbonyl (C=O) groups excluding carboxylic acids is 2. The zero-order valence-corrected chi connectivity index (χ0v) is 7.10. The van der Waals surface area contributed by atoms with Gasteiger partial charge < -0.3 is 14.5 Å². The molecule has 1 aliphatic heterocycles. The van der Waals surface area contributed by atoms with Gasteiger partial charge in [0, 0.05) is 6.08 Å². The number of esters is 1. The first-order chi connectivity index (χ1) is 6.75. The molecule has 1 aromatic heterocycles. The van der Waals surface area contributed by atoms with Crippen LogP contribution in [0.3, 0.4) is 0 Å². The lowest BCUT2D eigenvalue weighted by molar-refractivity contribution is -0.139. The van der Waals surface area contributed by atoms with Crippen molar-refractivity contribution in [2.45, 2.75) is 6.23 Å². The van der Waals surface area contributed by atoms with Crippen LogP contribution in [-0.4, -0.2) is 18.1 Å². The Morgan fingerprint density at radius 2 is 2.36 bits per heavy atom. The maximum atomic E-state index is 11.3. The van der Waals surface area contributed by atoms with Crippen LogP contribution in [0.4, 0.5) is 0 Å². The Hall–Kier alpha value is -2.04. The van der Waals surface area contributed by atoms with Crippen molar-refractivity contribution in [1.82, 2.24) is 5.32 Å². The van der Waals surface area contributed by atoms with Gasteiger partial charge in [0.1, 0.15) is 0 Å². The fourth-order valence-electron chi connectivity index (χ4n) is 1.06. The van der Waals surface area contributed by atoms with Crippen LogP contribution in [0.5, 0.6) is 0 Å². The lowest BCUT2D eigenvalue weighted by Gasteiger charge is -2.08. The predicted molar refractivity (Wildman–Crippen MR) is 45.2 cm³/mol. The van der Waals surface area contributed by atoms with Crippen molar-refractivity contribution in [2.75, 3.05) is 0 Å². The predicted octanol–water partition coefficient (Wildman–Crippen LogP) is 0.449. The van der Waals surface area contributed by atoms with E-state index in [1.807, 2.05) is 0 Å². The van der Waals surface area contributed by atoms with E-state index < -0.39 is 18.1 Å². The van der Waals surface area contributed by atoms with Crippen LogP contribution >= 0.6 is 0 Å². The molecule has 0 spiro atoms. The van der Waals surface area contributed by atoms with Gasteiger partial charge >= 0.3 is 5.97 Å². The van der Waals surface area contributed by atoms with Crippen LogP contribution in [0.15, 0.2) is 35.0 Å². The van der Waals surface area contributed by atoms with Gasteiger partial charge in [0.2, 0.25) is 0 Å². The Kier molecular flexibility index (Phi) is 2.06. The minimum Gasteiger partial charge on any atom is -0.459 e. The Morgan fingerprint density at radius 1 is 1.50 bits per heavy atom. The first kappa shape index (κ1) is 8.55. The standard InChI is InChI=1S/C9H7NO4/c11-8-4-3-7(14-8)10-9(12)6-2-1-5-13-6/h1-5,7H,(H,10,12). The van der Waals surface area contributed by atoms with Gasteiger partial charge in [-0.25, -0.2) is 4.79 Å². The van der Waals surface area contributed by atoms with Crippen molar-refractivity contribution in [3.05, 3.63) is 36.3 Å². The second kappa shape index (κ2) is 3.37. The maximum Gasteiger partial charge on any atom is 0.332 e. The molecule has 14 heavy (non-hydrogen) atoms. The van der Waals surface area contributed by atoms with E-state index >= 15 is 0 Å². The summed E-state index contributed by atoms with van der Waals surface area (Å²) in [6.07, 6.45) is 3.42. The molecule has 0 saturated heterocycles. The summed E-state index contributed by atoms with van der Waals surface area (Å²) < 4.78 is 9.56. The second-order valence-electron chi connectivity index (χ2n) is 2.67. The van der Waals surface area contributed by atoms with Crippen molar-refractivity contribution >= 4 is 11.9 Å². The molecule has 72 valence electrons. The van der Waals surface area contributed by atoms with Gasteiger partial charge in [0.15, 0.2) is 12.0 Å². The lowest BCUT2D eigenvalue weighted by atomic mass is 10.4. The molecule has 1 aromatic rings. The van der Waals surface area contributed by atoms with Crippen LogP contribution in [0.2, 0.25) is 0 Å². The third-order valence-electron chi connectivity index (χ3n) is 1.67. The average Bonchev–Trinajstić information content (AvgIpc) is 2.75. The van der Waals surface area contributed by atoms with Gasteiger partial charge in [0.25, 0.3) is 5.91 Å². The van der Waals surface area contributed by atoms with E-state index in [-0.39, 0.29) is 5.76 Å². The number of furan rings is 1. The molecule has 1 unspecified atom stereocenters. The summed E-state index contributed by atoms with van der Waals surface area (Å²) in [6, 6.07) is 3.13. The number of hydrogen-bond donors (Lipinski definition) is 1. The summed E-state index contributed by atoms with van der Waals surface area (Å²) in [4.78, 5) is 22.0. The number of amides is 1. The number of rotatable bonds is 2. The highest BCUT2D eigenvalue weighted by atomic mass is 16.6. The topological polar surface area (TPSA) is 68.5 Å². The van der Waals surface area contributed by atoms with E-state index in [4.69, 9.17) is 9.15 Å². The minimum absolute atomic E-state index is 0.182. The van der Waals surface area contributed by atoms with Gasteiger partial charge in [-0.3, -0.25) is 4.79 Å². The van der Waals surface area contributed by atoms with E-state index in [9.17, 15) is 9.59 Å². The maximum absolute atomic E-state index is 11.3. The molecule has 0 aliphatic carbocycles. The lowest BCUT2D eigenvalue weighted by Crippen LogP contribution is -2.33.